The van der Waals surface area contributed by atoms with Crippen LogP contribution in [0.15, 0.2) is 60.7 Å². The minimum atomic E-state index is -0.275. The lowest BCUT2D eigenvalue weighted by molar-refractivity contribution is -0.125. The van der Waals surface area contributed by atoms with Crippen LogP contribution in [0.4, 0.5) is 10.2 Å². The topological polar surface area (TPSA) is 58.1 Å². The van der Waals surface area contributed by atoms with Gasteiger partial charge in [0.15, 0.2) is 5.82 Å². The molecule has 1 aromatic heterocycles. The van der Waals surface area contributed by atoms with E-state index in [0.717, 1.165) is 36.3 Å². The van der Waals surface area contributed by atoms with Gasteiger partial charge in [-0.25, -0.2) is 4.39 Å². The average molecular weight is 433 g/mol. The van der Waals surface area contributed by atoms with Crippen molar-refractivity contribution < 1.29 is 9.18 Å². The van der Waals surface area contributed by atoms with Gasteiger partial charge in [0.1, 0.15) is 5.82 Å². The van der Waals surface area contributed by atoms with E-state index in [1.165, 1.54) is 17.7 Å². The minimum Gasteiger partial charge on any atom is -0.354 e. The molecule has 166 valence electrons. The van der Waals surface area contributed by atoms with E-state index in [2.05, 4.69) is 58.5 Å². The summed E-state index contributed by atoms with van der Waals surface area (Å²) in [4.78, 5) is 14.9. The van der Waals surface area contributed by atoms with E-state index >= 15 is 0 Å². The van der Waals surface area contributed by atoms with Crippen molar-refractivity contribution in [2.24, 2.45) is 5.92 Å². The summed E-state index contributed by atoms with van der Waals surface area (Å²) < 4.78 is 13.1. The van der Waals surface area contributed by atoms with Crippen molar-refractivity contribution in [2.45, 2.75) is 39.2 Å². The van der Waals surface area contributed by atoms with Crippen molar-refractivity contribution >= 4 is 11.7 Å². The van der Waals surface area contributed by atoms with Gasteiger partial charge in [0.25, 0.3) is 0 Å². The number of piperidine rings is 1. The van der Waals surface area contributed by atoms with Gasteiger partial charge in [-0.15, -0.1) is 10.2 Å². The SMILES string of the molecule is CC(C)c1ccc(CNC(=O)C2CCCN(c3ccc(-c4ccc(F)cc4)nn3)C2)cc1. The maximum absolute atomic E-state index is 13.1. The number of halogens is 1. The third-order valence-corrected chi connectivity index (χ3v) is 6.02. The van der Waals surface area contributed by atoms with Crippen molar-refractivity contribution in [1.29, 1.82) is 0 Å². The Labute approximate surface area is 188 Å². The number of benzene rings is 2. The minimum absolute atomic E-state index is 0.0720. The van der Waals surface area contributed by atoms with Crippen molar-refractivity contribution in [2.75, 3.05) is 18.0 Å². The third-order valence-electron chi connectivity index (χ3n) is 6.02. The number of aromatic nitrogens is 2. The van der Waals surface area contributed by atoms with E-state index in [0.29, 0.717) is 24.7 Å². The molecular formula is C26H29FN4O. The molecule has 1 N–H and O–H groups in total. The molecule has 1 aliphatic rings. The molecule has 0 aliphatic carbocycles. The first-order valence-electron chi connectivity index (χ1n) is 11.2. The van der Waals surface area contributed by atoms with Crippen LogP contribution in [0.25, 0.3) is 11.3 Å². The van der Waals surface area contributed by atoms with Crippen LogP contribution in [0.5, 0.6) is 0 Å². The second-order valence-electron chi connectivity index (χ2n) is 8.68. The number of rotatable bonds is 6. The second kappa shape index (κ2) is 9.90. The molecule has 1 atom stereocenters. The smallest absolute Gasteiger partial charge is 0.225 e. The van der Waals surface area contributed by atoms with Gasteiger partial charge in [0.2, 0.25) is 5.91 Å². The highest BCUT2D eigenvalue weighted by Gasteiger charge is 2.26. The molecule has 2 heterocycles. The van der Waals surface area contributed by atoms with Crippen LogP contribution in [0.1, 0.15) is 43.7 Å². The van der Waals surface area contributed by atoms with Crippen LogP contribution in [-0.2, 0) is 11.3 Å². The van der Waals surface area contributed by atoms with Crippen LogP contribution in [-0.4, -0.2) is 29.2 Å². The summed E-state index contributed by atoms with van der Waals surface area (Å²) in [7, 11) is 0. The standard InChI is InChI=1S/C26H29FN4O/c1-18(2)20-7-5-19(6-8-20)16-28-26(32)22-4-3-15-31(17-22)25-14-13-24(29-30-25)21-9-11-23(27)12-10-21/h5-14,18,22H,3-4,15-17H2,1-2H3,(H,28,32). The van der Waals surface area contributed by atoms with Crippen molar-refractivity contribution in [3.63, 3.8) is 0 Å². The lowest BCUT2D eigenvalue weighted by Crippen LogP contribution is -2.43. The number of hydrogen-bond donors (Lipinski definition) is 1. The molecule has 1 aliphatic heterocycles. The van der Waals surface area contributed by atoms with Gasteiger partial charge >= 0.3 is 0 Å². The quantitative estimate of drug-likeness (QED) is 0.600. The molecule has 1 amide bonds. The largest absolute Gasteiger partial charge is 0.354 e. The zero-order valence-electron chi connectivity index (χ0n) is 18.6. The molecule has 1 saturated heterocycles. The van der Waals surface area contributed by atoms with Gasteiger partial charge < -0.3 is 10.2 Å². The van der Waals surface area contributed by atoms with E-state index in [-0.39, 0.29) is 17.6 Å². The van der Waals surface area contributed by atoms with Gasteiger partial charge in [-0.3, -0.25) is 4.79 Å². The normalized spacial score (nSPS) is 16.2. The Morgan fingerprint density at radius 2 is 1.81 bits per heavy atom. The third kappa shape index (κ3) is 5.31. The zero-order valence-corrected chi connectivity index (χ0v) is 18.6. The molecule has 1 fully saturated rings. The zero-order chi connectivity index (χ0) is 22.5. The predicted octanol–water partition coefficient (Wildman–Crippen LogP) is 4.94. The Morgan fingerprint density at radius 1 is 1.06 bits per heavy atom. The molecular weight excluding hydrogens is 403 g/mol. The summed E-state index contributed by atoms with van der Waals surface area (Å²) in [6, 6.07) is 18.4. The van der Waals surface area contributed by atoms with E-state index < -0.39 is 0 Å². The molecule has 2 aromatic carbocycles. The van der Waals surface area contributed by atoms with Crippen LogP contribution < -0.4 is 10.2 Å². The van der Waals surface area contributed by atoms with Crippen LogP contribution in [0.2, 0.25) is 0 Å². The highest BCUT2D eigenvalue weighted by atomic mass is 19.1. The summed E-state index contributed by atoms with van der Waals surface area (Å²) in [5.74, 6) is 0.997. The molecule has 3 aromatic rings. The summed E-state index contributed by atoms with van der Waals surface area (Å²) >= 11 is 0. The summed E-state index contributed by atoms with van der Waals surface area (Å²) in [5.41, 5.74) is 3.93. The van der Waals surface area contributed by atoms with Crippen LogP contribution in [0, 0.1) is 11.7 Å². The molecule has 0 bridgehead atoms. The van der Waals surface area contributed by atoms with Crippen LogP contribution in [0.3, 0.4) is 0 Å². The fraction of sp³-hybridized carbons (Fsp3) is 0.346. The number of anilines is 1. The molecule has 4 rings (SSSR count). The van der Waals surface area contributed by atoms with Gasteiger partial charge in [-0.1, -0.05) is 38.1 Å². The molecule has 1 unspecified atom stereocenters. The van der Waals surface area contributed by atoms with Crippen LogP contribution >= 0.6 is 0 Å². The highest BCUT2D eigenvalue weighted by molar-refractivity contribution is 5.79. The van der Waals surface area contributed by atoms with Gasteiger partial charge in [0.05, 0.1) is 11.6 Å². The average Bonchev–Trinajstić information content (AvgIpc) is 2.83. The predicted molar refractivity (Wildman–Crippen MR) is 125 cm³/mol. The van der Waals surface area contributed by atoms with E-state index in [1.54, 1.807) is 12.1 Å². The first kappa shape index (κ1) is 21.9. The molecule has 0 spiro atoms. The number of amides is 1. The Balaban J connectivity index is 1.34. The van der Waals surface area contributed by atoms with E-state index in [9.17, 15) is 9.18 Å². The lowest BCUT2D eigenvalue weighted by Gasteiger charge is -2.32. The maximum Gasteiger partial charge on any atom is 0.225 e. The number of nitrogens with zero attached hydrogens (tertiary/aromatic N) is 3. The van der Waals surface area contributed by atoms with E-state index in [1.807, 2.05) is 12.1 Å². The van der Waals surface area contributed by atoms with Crippen molar-refractivity contribution in [3.05, 3.63) is 77.6 Å². The van der Waals surface area contributed by atoms with Gasteiger partial charge in [0, 0.05) is 25.2 Å². The monoisotopic (exact) mass is 432 g/mol. The summed E-state index contributed by atoms with van der Waals surface area (Å²) in [6.07, 6.45) is 1.80. The van der Waals surface area contributed by atoms with Gasteiger partial charge in [-0.05, 0) is 66.3 Å². The van der Waals surface area contributed by atoms with Crippen molar-refractivity contribution in [1.82, 2.24) is 15.5 Å². The Bertz CT molecular complexity index is 1030. The first-order valence-corrected chi connectivity index (χ1v) is 11.2. The summed E-state index contributed by atoms with van der Waals surface area (Å²) in [5, 5.41) is 11.8. The molecule has 0 radical (unpaired) electrons. The molecule has 32 heavy (non-hydrogen) atoms. The maximum atomic E-state index is 13.1. The highest BCUT2D eigenvalue weighted by Crippen LogP contribution is 2.24. The molecule has 0 saturated carbocycles. The summed E-state index contributed by atoms with van der Waals surface area (Å²) in [6.45, 7) is 6.37. The number of carbonyl (C=O) groups excluding carboxylic acids is 1. The fourth-order valence-corrected chi connectivity index (χ4v) is 4.02. The van der Waals surface area contributed by atoms with Crippen molar-refractivity contribution in [3.8, 4) is 11.3 Å². The number of nitrogens with one attached hydrogen (secondary N) is 1. The molecule has 5 nitrogen and oxygen atoms in total. The van der Waals surface area contributed by atoms with Gasteiger partial charge in [-0.2, -0.15) is 0 Å². The Kier molecular flexibility index (Phi) is 6.78. The number of carbonyl (C=O) groups is 1. The second-order valence-corrected chi connectivity index (χ2v) is 8.68. The number of hydrogen-bond acceptors (Lipinski definition) is 4. The fourth-order valence-electron chi connectivity index (χ4n) is 4.02. The Morgan fingerprint density at radius 3 is 2.47 bits per heavy atom. The first-order chi connectivity index (χ1) is 15.5. The van der Waals surface area contributed by atoms with E-state index in [4.69, 9.17) is 0 Å². The molecule has 6 heteroatoms. The lowest BCUT2D eigenvalue weighted by atomic mass is 9.97. The Hall–Kier alpha value is -3.28.